The fraction of sp³-hybridized carbons (Fsp3) is 0.657. The van der Waals surface area contributed by atoms with Crippen LogP contribution in [-0.4, -0.2) is 423 Å². The Labute approximate surface area is 832 Å². The van der Waals surface area contributed by atoms with Crippen LogP contribution in [0, 0.1) is 11.3 Å². The highest BCUT2D eigenvalue weighted by atomic mass is 16.3. The number of hydrogen-bond donors (Lipinski definition) is 29. The summed E-state index contributed by atoms with van der Waals surface area (Å²) in [5.74, 6) is 0.278. The summed E-state index contributed by atoms with van der Waals surface area (Å²) >= 11 is 0. The van der Waals surface area contributed by atoms with E-state index < -0.39 is 0 Å². The number of unbranched alkanes of at least 4 members (excludes halogenated alkanes) is 3. The zero-order valence-electron chi connectivity index (χ0n) is 85.0. The second kappa shape index (κ2) is 116. The van der Waals surface area contributed by atoms with Crippen molar-refractivity contribution in [1.29, 1.82) is 0 Å². The van der Waals surface area contributed by atoms with Crippen molar-refractivity contribution >= 4 is 0 Å². The standard InChI is InChI=1S/3C10H14O2.C9H21NO2.C8H19NO2.C8H18O3.3C8H10O2.C7H17NO2.C7H16O3.C6H15NO3.C6H15NO2/c11-7-5-9-1-2-10(4-3-9)6-8-12;11-6-4-9-2-1-3-10(8-9)5-7-12;11-7-5-9-3-1-2-4-10(9)6-8-12;1-2-3-4-5-10(6-8-11)7-9-12;1-2-3-4-9(5-7-10)6-8-11;1-8(2-5-9,3-6-10)4-7-11;9-5-7-1-2-8(6-10)4-3-7;9-5-7-2-1-3-8(4-7)6-10;9-5-7-3-1-2-4-8(7)6-10;1-2-3-8(4-6-9)5-7-10;2*8-4-1-7(2-5-9)3-6-10;1-2-7(3-5-8)4-6-9/h1-4,11-12H,5-8H2;1-3,8,11-12H,4-7H2;1-4,11-12H,5-8H2;11-12H,2-9H2,1H3;10-11H,2-8H2,1H3;9-11H,2-7H2,1H3;3*1-4,9-10H,5-6H2;9-10H,2-7H2,1H3;7-10H,1-6H2;8-10H,1-6H2;8-9H,2-6H2,1H3. The van der Waals surface area contributed by atoms with Gasteiger partial charge in [0.25, 0.3) is 0 Å². The molecule has 0 heterocycles. The summed E-state index contributed by atoms with van der Waals surface area (Å²) in [5, 5.41) is 250. The molecule has 0 unspecified atom stereocenters. The van der Waals surface area contributed by atoms with Gasteiger partial charge in [-0.05, 0) is 201 Å². The first-order chi connectivity index (χ1) is 67.5. The summed E-state index contributed by atoms with van der Waals surface area (Å²) in [7, 11) is 0. The van der Waals surface area contributed by atoms with Crippen molar-refractivity contribution in [3.63, 3.8) is 0 Å². The Morgan fingerprint density at radius 2 is 0.453 bits per heavy atom. The first-order valence-corrected chi connectivity index (χ1v) is 49.2. The second-order valence-electron chi connectivity index (χ2n) is 32.1. The highest BCUT2D eigenvalue weighted by Gasteiger charge is 2.22. The average molecular weight is 1990 g/mol. The molecule has 6 aromatic carbocycles. The molecule has 0 saturated heterocycles. The van der Waals surface area contributed by atoms with E-state index in [1.54, 1.807) is 47.4 Å². The van der Waals surface area contributed by atoms with Crippen LogP contribution in [0.15, 0.2) is 146 Å². The van der Waals surface area contributed by atoms with Crippen LogP contribution in [0.2, 0.25) is 0 Å². The molecule has 0 radical (unpaired) electrons. The first kappa shape index (κ1) is 146. The molecule has 812 valence electrons. The highest BCUT2D eigenvalue weighted by Crippen LogP contribution is 2.29. The van der Waals surface area contributed by atoms with Gasteiger partial charge in [-0.25, -0.2) is 0 Å². The Morgan fingerprint density at radius 3 is 0.705 bits per heavy atom. The number of aliphatic hydroxyl groups excluding tert-OH is 29. The number of benzene rings is 6. The van der Waals surface area contributed by atoms with Crippen LogP contribution in [0.4, 0.5) is 0 Å². The highest BCUT2D eigenvalue weighted by molar-refractivity contribution is 5.29. The van der Waals surface area contributed by atoms with Crippen LogP contribution < -0.4 is 0 Å². The van der Waals surface area contributed by atoms with Gasteiger partial charge in [-0.15, -0.1) is 0 Å². The molecule has 34 nitrogen and oxygen atoms in total. The summed E-state index contributed by atoms with van der Waals surface area (Å²) in [6, 6.07) is 45.5. The zero-order chi connectivity index (χ0) is 106. The minimum atomic E-state index is -0.0990. The van der Waals surface area contributed by atoms with Crippen LogP contribution in [0.25, 0.3) is 0 Å². The first-order valence-electron chi connectivity index (χ1n) is 49.2. The van der Waals surface area contributed by atoms with Gasteiger partial charge < -0.3 is 148 Å². The van der Waals surface area contributed by atoms with Gasteiger partial charge in [-0.1, -0.05) is 199 Å². The molecule has 0 spiro atoms. The molecule has 6 rings (SSSR count). The summed E-state index contributed by atoms with van der Waals surface area (Å²) in [5.41, 5.74) is 11.7. The Bertz CT molecular complexity index is 3100. The van der Waals surface area contributed by atoms with Crippen molar-refractivity contribution in [1.82, 2.24) is 24.5 Å². The van der Waals surface area contributed by atoms with Gasteiger partial charge in [-0.3, -0.25) is 24.5 Å². The monoisotopic (exact) mass is 1990 g/mol. The molecule has 6 aromatic rings. The van der Waals surface area contributed by atoms with E-state index in [0.29, 0.717) is 149 Å². The molecule has 0 aliphatic rings. The largest absolute Gasteiger partial charge is 0.396 e. The number of likely N-dealkylation sites (N-methyl/N-ethyl adjacent to an activating group) is 1. The molecule has 139 heavy (non-hydrogen) atoms. The molecule has 0 fully saturated rings. The third kappa shape index (κ3) is 94.0. The van der Waals surface area contributed by atoms with Crippen molar-refractivity contribution < 1.29 is 148 Å². The molecule has 34 heteroatoms. The predicted octanol–water partition coefficient (Wildman–Crippen LogP) is 1.95. The van der Waals surface area contributed by atoms with E-state index in [9.17, 15) is 0 Å². The molecule has 0 aliphatic carbocycles. The lowest BCUT2D eigenvalue weighted by molar-refractivity contribution is 0.115. The molecule has 0 bridgehead atoms. The maximum absolute atomic E-state index is 8.75. The molecule has 0 atom stereocenters. The second-order valence-corrected chi connectivity index (χ2v) is 32.1. The van der Waals surface area contributed by atoms with Gasteiger partial charge in [-0.2, -0.15) is 0 Å². The molecule has 0 aromatic heterocycles. The van der Waals surface area contributed by atoms with Gasteiger partial charge in [0.05, 0.1) is 112 Å². The topological polar surface area (TPSA) is 603 Å². The van der Waals surface area contributed by atoms with Gasteiger partial charge in [0.1, 0.15) is 0 Å². The van der Waals surface area contributed by atoms with Gasteiger partial charge in [0, 0.05) is 151 Å². The van der Waals surface area contributed by atoms with Crippen molar-refractivity contribution in [2.45, 2.75) is 190 Å². The fourth-order valence-electron chi connectivity index (χ4n) is 12.8. The number of nitrogens with zero attached hydrogens (tertiary/aromatic N) is 5. The summed E-state index contributed by atoms with van der Waals surface area (Å²) in [6.45, 7) is 24.9. The van der Waals surface area contributed by atoms with Crippen molar-refractivity contribution in [2.75, 3.05) is 250 Å². The molecule has 29 N–H and O–H groups in total. The third-order valence-corrected chi connectivity index (χ3v) is 20.9. The van der Waals surface area contributed by atoms with Crippen molar-refractivity contribution in [3.05, 3.63) is 212 Å². The Balaban J connectivity index is -0.000000272. The van der Waals surface area contributed by atoms with Crippen LogP contribution in [0.3, 0.4) is 0 Å². The van der Waals surface area contributed by atoms with E-state index in [1.807, 2.05) is 127 Å². The number of aliphatic hydroxyl groups is 29. The molecular formula is C105H193N5O29. The molecule has 0 aliphatic heterocycles. The average Bonchev–Trinajstić information content (AvgIpc) is 0.840. The minimum absolute atomic E-state index is 0.00324. The third-order valence-electron chi connectivity index (χ3n) is 20.9. The van der Waals surface area contributed by atoms with Crippen LogP contribution in [0.1, 0.15) is 178 Å². The van der Waals surface area contributed by atoms with E-state index in [0.717, 1.165) is 119 Å². The SMILES string of the molecule is CC(CCO)(CCO)CCO.CCCCCN(CCO)CCO.CCCCN(CCO)CCO.CCCN(CCO)CCO.CCN(CCO)CCO.OCCC(CCO)CCO.OCCN(CCO)CCO.OCCc1ccc(CCO)cc1.OCCc1cccc(CCO)c1.OCCc1ccccc1CCO.OCc1ccc(CO)cc1.OCc1cccc(CO)c1.OCc1ccccc1CO. The van der Waals surface area contributed by atoms with E-state index in [2.05, 4.69) is 30.6 Å². The fourth-order valence-corrected chi connectivity index (χ4v) is 12.8. The Morgan fingerprint density at radius 1 is 0.201 bits per heavy atom. The van der Waals surface area contributed by atoms with Gasteiger partial charge >= 0.3 is 0 Å². The lowest BCUT2D eigenvalue weighted by atomic mass is 9.81. The maximum Gasteiger partial charge on any atom is 0.0685 e. The number of hydrogen-bond acceptors (Lipinski definition) is 34. The van der Waals surface area contributed by atoms with Gasteiger partial charge in [0.2, 0.25) is 0 Å². The zero-order valence-corrected chi connectivity index (χ0v) is 85.0. The summed E-state index contributed by atoms with van der Waals surface area (Å²) in [4.78, 5) is 9.99. The Kier molecular flexibility index (Phi) is 121. The maximum atomic E-state index is 8.75. The quantitative estimate of drug-likeness (QED) is 0.0243. The molecule has 0 amide bonds. The minimum Gasteiger partial charge on any atom is -0.396 e. The Hall–Kier alpha value is -6.04. The normalized spacial score (nSPS) is 10.5. The van der Waals surface area contributed by atoms with Gasteiger partial charge in [0.15, 0.2) is 0 Å². The van der Waals surface area contributed by atoms with Crippen LogP contribution in [-0.2, 0) is 78.2 Å². The van der Waals surface area contributed by atoms with Crippen molar-refractivity contribution in [3.8, 4) is 0 Å². The lowest BCUT2D eigenvalue weighted by Crippen LogP contribution is -2.32. The lowest BCUT2D eigenvalue weighted by Gasteiger charge is -2.26. The molecule has 0 saturated carbocycles. The van der Waals surface area contributed by atoms with Crippen LogP contribution >= 0.6 is 0 Å². The molecular weight excluding hydrogens is 1800 g/mol. The van der Waals surface area contributed by atoms with Crippen molar-refractivity contribution in [2.24, 2.45) is 11.3 Å². The van der Waals surface area contributed by atoms with E-state index >= 15 is 0 Å². The summed E-state index contributed by atoms with van der Waals surface area (Å²) in [6.07, 6.45) is 15.1. The smallest absolute Gasteiger partial charge is 0.0685 e. The van der Waals surface area contributed by atoms with Crippen LogP contribution in [0.5, 0.6) is 0 Å². The van der Waals surface area contributed by atoms with E-state index in [1.165, 1.54) is 12.8 Å². The predicted molar refractivity (Wildman–Crippen MR) is 551 cm³/mol. The van der Waals surface area contributed by atoms with E-state index in [-0.39, 0.29) is 203 Å². The van der Waals surface area contributed by atoms with E-state index in [4.69, 9.17) is 148 Å². The summed E-state index contributed by atoms with van der Waals surface area (Å²) < 4.78 is 0. The number of rotatable bonds is 62.